The van der Waals surface area contributed by atoms with Crippen molar-refractivity contribution >= 4 is 21.8 Å². The Hall–Kier alpha value is -2.61. The second-order valence-corrected chi connectivity index (χ2v) is 11.5. The van der Waals surface area contributed by atoms with Crippen molar-refractivity contribution in [3.05, 3.63) is 71.9 Å². The zero-order chi connectivity index (χ0) is 25.9. The monoisotopic (exact) mass is 494 g/mol. The molecule has 0 saturated carbocycles. The van der Waals surface area contributed by atoms with Gasteiger partial charge < -0.3 is 0 Å². The van der Waals surface area contributed by atoms with E-state index in [1.54, 1.807) is 5.56 Å². The molecule has 0 spiro atoms. The average molecular weight is 495 g/mol. The number of unbranched alkanes of at least 4 members (excludes halogenated alkanes) is 4. The third-order valence-electron chi connectivity index (χ3n) is 9.47. The van der Waals surface area contributed by atoms with E-state index in [2.05, 4.69) is 86.9 Å². The molecule has 0 N–H and O–H groups in total. The Morgan fingerprint density at radius 1 is 0.595 bits per heavy atom. The Labute approximate surface area is 224 Å². The Morgan fingerprint density at radius 3 is 1.76 bits per heavy atom. The van der Waals surface area contributed by atoms with Crippen molar-refractivity contribution < 1.29 is 0 Å². The number of benzene rings is 2. The van der Waals surface area contributed by atoms with E-state index in [9.17, 15) is 0 Å². The second kappa shape index (κ2) is 11.0. The van der Waals surface area contributed by atoms with Crippen LogP contribution in [0.4, 0.5) is 0 Å². The summed E-state index contributed by atoms with van der Waals surface area (Å²) in [5.41, 5.74) is 6.00. The van der Waals surface area contributed by atoms with Gasteiger partial charge in [-0.05, 0) is 43.4 Å². The smallest absolute Gasteiger partial charge is 0.141 e. The van der Waals surface area contributed by atoms with Crippen molar-refractivity contribution in [3.63, 3.8) is 0 Å². The molecule has 2 aromatic carbocycles. The lowest BCUT2D eigenvalue weighted by Crippen LogP contribution is -2.49. The number of hydrogen-bond donors (Lipinski definition) is 0. The predicted octanol–water partition coefficient (Wildman–Crippen LogP) is 10.4. The van der Waals surface area contributed by atoms with Crippen LogP contribution in [0.15, 0.2) is 60.8 Å². The summed E-state index contributed by atoms with van der Waals surface area (Å²) in [6, 6.07) is 20.9. The van der Waals surface area contributed by atoms with Crippen LogP contribution in [0, 0.1) is 0 Å². The molecule has 4 aromatic rings. The first kappa shape index (κ1) is 26.0. The molecule has 0 bridgehead atoms. The summed E-state index contributed by atoms with van der Waals surface area (Å²) in [4.78, 5) is 5.23. The van der Waals surface area contributed by atoms with E-state index in [-0.39, 0.29) is 10.8 Å². The SMILES string of the molecule is CCCCC1(CCCC)c2cccnc2-n2c3ccccc3c3cccc(c32)C1(CCCC)CCCC. The predicted molar refractivity (Wildman–Crippen MR) is 160 cm³/mol. The zero-order valence-corrected chi connectivity index (χ0v) is 23.7. The number of nitrogens with zero attached hydrogens (tertiary/aromatic N) is 2. The summed E-state index contributed by atoms with van der Waals surface area (Å²) in [5.74, 6) is 1.18. The fourth-order valence-electron chi connectivity index (χ4n) is 7.75. The number of para-hydroxylation sites is 2. The number of hydrogen-bond acceptors (Lipinski definition) is 1. The van der Waals surface area contributed by atoms with Gasteiger partial charge in [0, 0.05) is 33.4 Å². The van der Waals surface area contributed by atoms with Gasteiger partial charge in [-0.2, -0.15) is 0 Å². The number of fused-ring (bicyclic) bond motifs is 5. The lowest BCUT2D eigenvalue weighted by molar-refractivity contribution is 0.142. The third kappa shape index (κ3) is 4.03. The van der Waals surface area contributed by atoms with Crippen molar-refractivity contribution in [2.75, 3.05) is 0 Å². The molecule has 0 unspecified atom stereocenters. The maximum atomic E-state index is 5.23. The van der Waals surface area contributed by atoms with Crippen LogP contribution >= 0.6 is 0 Å². The van der Waals surface area contributed by atoms with Crippen LogP contribution in [-0.2, 0) is 10.8 Å². The van der Waals surface area contributed by atoms with Crippen LogP contribution in [0.5, 0.6) is 0 Å². The lowest BCUT2D eigenvalue weighted by Gasteiger charge is -2.52. The lowest BCUT2D eigenvalue weighted by atomic mass is 9.50. The molecular formula is C35H46N2. The minimum atomic E-state index is 0.0847. The molecule has 0 fully saturated rings. The first-order valence-electron chi connectivity index (χ1n) is 15.2. The van der Waals surface area contributed by atoms with Crippen molar-refractivity contribution in [1.29, 1.82) is 0 Å². The Bertz CT molecular complexity index is 1330. The van der Waals surface area contributed by atoms with Gasteiger partial charge in [-0.25, -0.2) is 4.98 Å². The molecule has 0 atom stereocenters. The van der Waals surface area contributed by atoms with E-state index < -0.39 is 0 Å². The molecule has 0 aliphatic carbocycles. The molecule has 0 saturated heterocycles. The van der Waals surface area contributed by atoms with Crippen molar-refractivity contribution in [2.45, 2.75) is 116 Å². The number of aromatic nitrogens is 2. The second-order valence-electron chi connectivity index (χ2n) is 11.5. The van der Waals surface area contributed by atoms with Crippen molar-refractivity contribution in [2.24, 2.45) is 0 Å². The fraction of sp³-hybridized carbons (Fsp3) is 0.514. The normalized spacial score (nSPS) is 15.7. The molecule has 2 heteroatoms. The average Bonchev–Trinajstić information content (AvgIpc) is 3.24. The maximum absolute atomic E-state index is 5.23. The van der Waals surface area contributed by atoms with Gasteiger partial charge in [0.15, 0.2) is 0 Å². The highest BCUT2D eigenvalue weighted by molar-refractivity contribution is 6.10. The molecular weight excluding hydrogens is 448 g/mol. The van der Waals surface area contributed by atoms with E-state index in [1.165, 1.54) is 110 Å². The standard InChI is InChI=1S/C35H46N2/c1-5-9-22-34(23-10-6-2)29-19-15-18-28-27-17-13-14-21-31(27)37(32(28)29)33-30(20-16-26-36-33)35(34,24-11-7-3)25-12-8-4/h13-21,26H,5-12,22-25H2,1-4H3. The summed E-state index contributed by atoms with van der Waals surface area (Å²) in [6.07, 6.45) is 17.1. The van der Waals surface area contributed by atoms with Crippen LogP contribution in [0.1, 0.15) is 116 Å². The van der Waals surface area contributed by atoms with Crippen molar-refractivity contribution in [3.8, 4) is 5.82 Å². The zero-order valence-electron chi connectivity index (χ0n) is 23.7. The summed E-state index contributed by atoms with van der Waals surface area (Å²) < 4.78 is 2.56. The summed E-state index contributed by atoms with van der Waals surface area (Å²) >= 11 is 0. The van der Waals surface area contributed by atoms with E-state index in [0.717, 1.165) is 0 Å². The molecule has 2 nitrogen and oxygen atoms in total. The molecule has 3 heterocycles. The molecule has 0 radical (unpaired) electrons. The van der Waals surface area contributed by atoms with E-state index >= 15 is 0 Å². The van der Waals surface area contributed by atoms with Gasteiger partial charge in [0.05, 0.1) is 11.0 Å². The highest BCUT2D eigenvalue weighted by atomic mass is 15.1. The Kier molecular flexibility index (Phi) is 7.75. The molecule has 5 rings (SSSR count). The molecule has 1 aliphatic heterocycles. The third-order valence-corrected chi connectivity index (χ3v) is 9.47. The van der Waals surface area contributed by atoms with Gasteiger partial charge in [-0.15, -0.1) is 0 Å². The van der Waals surface area contributed by atoms with Gasteiger partial charge in [0.25, 0.3) is 0 Å². The van der Waals surface area contributed by atoms with Crippen LogP contribution in [0.3, 0.4) is 0 Å². The highest BCUT2D eigenvalue weighted by Crippen LogP contribution is 2.60. The summed E-state index contributed by atoms with van der Waals surface area (Å²) in [7, 11) is 0. The van der Waals surface area contributed by atoms with E-state index in [4.69, 9.17) is 4.98 Å². The van der Waals surface area contributed by atoms with Crippen LogP contribution in [-0.4, -0.2) is 9.55 Å². The van der Waals surface area contributed by atoms with Gasteiger partial charge >= 0.3 is 0 Å². The van der Waals surface area contributed by atoms with Gasteiger partial charge in [-0.3, -0.25) is 4.57 Å². The van der Waals surface area contributed by atoms with Crippen LogP contribution in [0.25, 0.3) is 27.6 Å². The molecule has 2 aromatic heterocycles. The summed E-state index contributed by atoms with van der Waals surface area (Å²) in [6.45, 7) is 9.48. The molecule has 1 aliphatic rings. The Morgan fingerprint density at radius 2 is 1.14 bits per heavy atom. The Balaban J connectivity index is 1.99. The largest absolute Gasteiger partial charge is 0.293 e. The molecule has 37 heavy (non-hydrogen) atoms. The van der Waals surface area contributed by atoms with E-state index in [0.29, 0.717) is 0 Å². The van der Waals surface area contributed by atoms with Crippen LogP contribution < -0.4 is 0 Å². The highest BCUT2D eigenvalue weighted by Gasteiger charge is 2.54. The molecule has 0 amide bonds. The quantitative estimate of drug-likeness (QED) is 0.191. The summed E-state index contributed by atoms with van der Waals surface area (Å²) in [5, 5.41) is 2.74. The topological polar surface area (TPSA) is 17.8 Å². The van der Waals surface area contributed by atoms with E-state index in [1.807, 2.05) is 6.20 Å². The van der Waals surface area contributed by atoms with Gasteiger partial charge in [-0.1, -0.05) is 122 Å². The molecule has 196 valence electrons. The number of pyridine rings is 1. The van der Waals surface area contributed by atoms with Gasteiger partial charge in [0.1, 0.15) is 5.82 Å². The minimum Gasteiger partial charge on any atom is -0.293 e. The van der Waals surface area contributed by atoms with Crippen molar-refractivity contribution in [1.82, 2.24) is 9.55 Å². The number of rotatable bonds is 12. The van der Waals surface area contributed by atoms with Crippen LogP contribution in [0.2, 0.25) is 0 Å². The fourth-order valence-corrected chi connectivity index (χ4v) is 7.75. The minimum absolute atomic E-state index is 0.0847. The first-order chi connectivity index (χ1) is 18.2. The maximum Gasteiger partial charge on any atom is 0.141 e. The van der Waals surface area contributed by atoms with Gasteiger partial charge in [0.2, 0.25) is 0 Å². The first-order valence-corrected chi connectivity index (χ1v) is 15.2.